The summed E-state index contributed by atoms with van der Waals surface area (Å²) in [5.41, 5.74) is 2.48. The Morgan fingerprint density at radius 2 is 2.15 bits per heavy atom. The molecular formula is C17H26N2O. The van der Waals surface area contributed by atoms with Crippen LogP contribution in [0.4, 0.5) is 5.69 Å². The Morgan fingerprint density at radius 3 is 2.80 bits per heavy atom. The number of hydrogen-bond donors (Lipinski definition) is 1. The number of ether oxygens (including phenoxy) is 1. The number of methoxy groups -OCH3 is 1. The van der Waals surface area contributed by atoms with Crippen molar-refractivity contribution in [2.75, 3.05) is 31.6 Å². The first-order valence-corrected chi connectivity index (χ1v) is 7.48. The van der Waals surface area contributed by atoms with Crippen molar-refractivity contribution in [2.24, 2.45) is 5.92 Å². The van der Waals surface area contributed by atoms with Gasteiger partial charge in [-0.2, -0.15) is 0 Å². The van der Waals surface area contributed by atoms with E-state index in [1.165, 1.54) is 24.1 Å². The lowest BCUT2D eigenvalue weighted by Crippen LogP contribution is -2.33. The van der Waals surface area contributed by atoms with Gasteiger partial charge in [-0.05, 0) is 36.5 Å². The Kier molecular flexibility index (Phi) is 5.48. The second kappa shape index (κ2) is 7.34. The van der Waals surface area contributed by atoms with Gasteiger partial charge in [-0.1, -0.05) is 19.1 Å². The molecule has 0 radical (unpaired) electrons. The van der Waals surface area contributed by atoms with Gasteiger partial charge in [-0.15, -0.1) is 6.58 Å². The zero-order valence-corrected chi connectivity index (χ0v) is 12.7. The summed E-state index contributed by atoms with van der Waals surface area (Å²) in [5, 5.41) is 3.32. The van der Waals surface area contributed by atoms with Crippen LogP contribution in [0.3, 0.4) is 0 Å². The molecule has 3 heteroatoms. The molecule has 20 heavy (non-hydrogen) atoms. The summed E-state index contributed by atoms with van der Waals surface area (Å²) in [6, 6.07) is 6.52. The van der Waals surface area contributed by atoms with Crippen LogP contribution in [0.15, 0.2) is 30.9 Å². The minimum absolute atomic E-state index is 0.827. The molecule has 1 N–H and O–H groups in total. The molecule has 0 spiro atoms. The molecule has 0 saturated carbocycles. The van der Waals surface area contributed by atoms with E-state index >= 15 is 0 Å². The third kappa shape index (κ3) is 3.76. The number of rotatable bonds is 6. The lowest BCUT2D eigenvalue weighted by molar-refractivity contribution is 0.403. The monoisotopic (exact) mass is 274 g/mol. The molecule has 1 aromatic carbocycles. The van der Waals surface area contributed by atoms with Crippen LogP contribution in [-0.4, -0.2) is 26.7 Å². The lowest BCUT2D eigenvalue weighted by atomic mass is 9.98. The maximum atomic E-state index is 5.58. The highest BCUT2D eigenvalue weighted by atomic mass is 16.5. The smallest absolute Gasteiger partial charge is 0.142 e. The number of nitrogens with one attached hydrogen (secondary N) is 1. The molecule has 1 aromatic rings. The van der Waals surface area contributed by atoms with Gasteiger partial charge in [0.2, 0.25) is 0 Å². The van der Waals surface area contributed by atoms with Gasteiger partial charge in [0, 0.05) is 26.2 Å². The van der Waals surface area contributed by atoms with Crippen LogP contribution in [0.1, 0.15) is 25.3 Å². The first kappa shape index (κ1) is 14.9. The molecule has 1 aliphatic heterocycles. The number of piperidine rings is 1. The zero-order valence-electron chi connectivity index (χ0n) is 12.7. The van der Waals surface area contributed by atoms with E-state index in [-0.39, 0.29) is 0 Å². The highest BCUT2D eigenvalue weighted by Crippen LogP contribution is 2.32. The van der Waals surface area contributed by atoms with Crippen LogP contribution in [0.5, 0.6) is 5.75 Å². The molecule has 0 aromatic heterocycles. The molecular weight excluding hydrogens is 248 g/mol. The van der Waals surface area contributed by atoms with Gasteiger partial charge in [-0.25, -0.2) is 0 Å². The van der Waals surface area contributed by atoms with Crippen molar-refractivity contribution in [3.8, 4) is 5.75 Å². The van der Waals surface area contributed by atoms with Crippen LogP contribution in [-0.2, 0) is 6.54 Å². The summed E-state index contributed by atoms with van der Waals surface area (Å²) < 4.78 is 5.58. The molecule has 1 fully saturated rings. The van der Waals surface area contributed by atoms with E-state index in [0.717, 1.165) is 37.8 Å². The minimum atomic E-state index is 0.827. The van der Waals surface area contributed by atoms with Crippen LogP contribution in [0, 0.1) is 5.92 Å². The average Bonchev–Trinajstić information content (AvgIpc) is 2.48. The van der Waals surface area contributed by atoms with Gasteiger partial charge in [0.1, 0.15) is 5.75 Å². The van der Waals surface area contributed by atoms with Crippen molar-refractivity contribution in [3.05, 3.63) is 36.4 Å². The molecule has 1 aliphatic rings. The number of hydrogen-bond acceptors (Lipinski definition) is 3. The van der Waals surface area contributed by atoms with Gasteiger partial charge in [0.15, 0.2) is 0 Å². The molecule has 1 saturated heterocycles. The highest BCUT2D eigenvalue weighted by molar-refractivity contribution is 5.60. The van der Waals surface area contributed by atoms with Crippen LogP contribution in [0.2, 0.25) is 0 Å². The van der Waals surface area contributed by atoms with Gasteiger partial charge < -0.3 is 15.0 Å². The zero-order chi connectivity index (χ0) is 14.4. The fraction of sp³-hybridized carbons (Fsp3) is 0.529. The van der Waals surface area contributed by atoms with Crippen LogP contribution < -0.4 is 15.0 Å². The summed E-state index contributed by atoms with van der Waals surface area (Å²) in [6.07, 6.45) is 4.41. The molecule has 3 nitrogen and oxygen atoms in total. The van der Waals surface area contributed by atoms with Crippen LogP contribution in [0.25, 0.3) is 0 Å². The number of nitrogens with zero attached hydrogens (tertiary/aromatic N) is 1. The first-order valence-electron chi connectivity index (χ1n) is 7.48. The summed E-state index contributed by atoms with van der Waals surface area (Å²) in [7, 11) is 1.76. The standard InChI is InChI=1S/C17H26N2O/c1-4-9-18-13-15-5-6-16(17(12-15)20-3)19-10-7-14(2)8-11-19/h4-6,12,14,18H,1,7-11,13H2,2-3H3. The van der Waals surface area contributed by atoms with Crippen molar-refractivity contribution in [3.63, 3.8) is 0 Å². The molecule has 0 amide bonds. The Hall–Kier alpha value is -1.48. The van der Waals surface area contributed by atoms with E-state index in [1.807, 2.05) is 6.08 Å². The van der Waals surface area contributed by atoms with E-state index in [4.69, 9.17) is 4.74 Å². The minimum Gasteiger partial charge on any atom is -0.495 e. The van der Waals surface area contributed by atoms with Crippen LogP contribution >= 0.6 is 0 Å². The average molecular weight is 274 g/mol. The highest BCUT2D eigenvalue weighted by Gasteiger charge is 2.18. The van der Waals surface area contributed by atoms with Crippen molar-refractivity contribution in [1.29, 1.82) is 0 Å². The maximum Gasteiger partial charge on any atom is 0.142 e. The molecule has 0 unspecified atom stereocenters. The molecule has 0 aliphatic carbocycles. The fourth-order valence-corrected chi connectivity index (χ4v) is 2.66. The molecule has 1 heterocycles. The van der Waals surface area contributed by atoms with E-state index in [1.54, 1.807) is 7.11 Å². The van der Waals surface area contributed by atoms with E-state index in [0.29, 0.717) is 0 Å². The summed E-state index contributed by atoms with van der Waals surface area (Å²) in [4.78, 5) is 2.44. The molecule has 0 atom stereocenters. The quantitative estimate of drug-likeness (QED) is 0.637. The van der Waals surface area contributed by atoms with Crippen molar-refractivity contribution in [1.82, 2.24) is 5.32 Å². The summed E-state index contributed by atoms with van der Waals surface area (Å²) >= 11 is 0. The molecule has 110 valence electrons. The predicted octanol–water partition coefficient (Wildman–Crippen LogP) is 3.21. The topological polar surface area (TPSA) is 24.5 Å². The van der Waals surface area contributed by atoms with Gasteiger partial charge in [0.05, 0.1) is 12.8 Å². The van der Waals surface area contributed by atoms with Crippen molar-refractivity contribution >= 4 is 5.69 Å². The number of anilines is 1. The van der Waals surface area contributed by atoms with E-state index in [2.05, 4.69) is 41.9 Å². The van der Waals surface area contributed by atoms with Crippen molar-refractivity contribution < 1.29 is 4.74 Å². The SMILES string of the molecule is C=CCNCc1ccc(N2CCC(C)CC2)c(OC)c1. The second-order valence-corrected chi connectivity index (χ2v) is 5.60. The predicted molar refractivity (Wildman–Crippen MR) is 85.5 cm³/mol. The maximum absolute atomic E-state index is 5.58. The van der Waals surface area contributed by atoms with Gasteiger partial charge in [-0.3, -0.25) is 0 Å². The van der Waals surface area contributed by atoms with Crippen molar-refractivity contribution in [2.45, 2.75) is 26.3 Å². The Bertz CT molecular complexity index is 437. The number of benzene rings is 1. The fourth-order valence-electron chi connectivity index (χ4n) is 2.66. The Labute approximate surface area is 122 Å². The summed E-state index contributed by atoms with van der Waals surface area (Å²) in [5.74, 6) is 1.83. The third-order valence-corrected chi connectivity index (χ3v) is 3.99. The Balaban J connectivity index is 2.07. The molecule has 2 rings (SSSR count). The third-order valence-electron chi connectivity index (χ3n) is 3.99. The first-order chi connectivity index (χ1) is 9.74. The van der Waals surface area contributed by atoms with Gasteiger partial charge in [0.25, 0.3) is 0 Å². The largest absolute Gasteiger partial charge is 0.495 e. The van der Waals surface area contributed by atoms with Gasteiger partial charge >= 0.3 is 0 Å². The van der Waals surface area contributed by atoms with E-state index in [9.17, 15) is 0 Å². The normalized spacial score (nSPS) is 16.2. The molecule has 0 bridgehead atoms. The lowest BCUT2D eigenvalue weighted by Gasteiger charge is -2.33. The summed E-state index contributed by atoms with van der Waals surface area (Å²) in [6.45, 7) is 9.98. The Morgan fingerprint density at radius 1 is 1.40 bits per heavy atom. The van der Waals surface area contributed by atoms with E-state index < -0.39 is 0 Å². The second-order valence-electron chi connectivity index (χ2n) is 5.60.